The van der Waals surface area contributed by atoms with Gasteiger partial charge in [0.15, 0.2) is 0 Å². The van der Waals surface area contributed by atoms with Gasteiger partial charge in [0, 0.05) is 83.1 Å². The lowest BCUT2D eigenvalue weighted by molar-refractivity contribution is 0.0384. The van der Waals surface area contributed by atoms with E-state index >= 15 is 0 Å². The molecule has 0 N–H and O–H groups in total. The highest BCUT2D eigenvalue weighted by molar-refractivity contribution is 9.09. The fourth-order valence-corrected chi connectivity index (χ4v) is 5.78. The maximum absolute atomic E-state index is 13.2. The highest BCUT2D eigenvalue weighted by Gasteiger charge is 2.12. The van der Waals surface area contributed by atoms with E-state index in [1.807, 2.05) is 0 Å². The Labute approximate surface area is 301 Å². The number of morpholine rings is 1. The molecule has 1 fully saturated rings. The van der Waals surface area contributed by atoms with Crippen LogP contribution in [-0.2, 0) is 17.6 Å². The molecule has 0 atom stereocenters. The molecule has 7 rings (SSSR count). The molecule has 8 nitrogen and oxygen atoms in total. The molecule has 1 saturated heterocycles. The second kappa shape index (κ2) is 17.0. The van der Waals surface area contributed by atoms with E-state index in [-0.39, 0.29) is 22.8 Å². The Morgan fingerprint density at radius 1 is 0.667 bits per heavy atom. The number of aryl methyl sites for hydroxylation is 1. The van der Waals surface area contributed by atoms with Crippen LogP contribution < -0.4 is 11.1 Å². The Kier molecular flexibility index (Phi) is 11.8. The van der Waals surface area contributed by atoms with E-state index in [2.05, 4.69) is 54.5 Å². The van der Waals surface area contributed by atoms with Crippen LogP contribution in [0.15, 0.2) is 107 Å². The Morgan fingerprint density at radius 2 is 1.14 bits per heavy atom. The minimum absolute atomic E-state index is 0.0529. The molecule has 0 radical (unpaired) electrons. The number of hydrogen-bond donors (Lipinski definition) is 0. The molecule has 0 aliphatic carbocycles. The minimum atomic E-state index is -0.317. The topological polar surface area (TPSA) is 81.2 Å². The summed E-state index contributed by atoms with van der Waals surface area (Å²) < 4.78 is 34.8. The summed E-state index contributed by atoms with van der Waals surface area (Å²) >= 11 is 3.32. The molecule has 51 heavy (non-hydrogen) atoms. The first-order chi connectivity index (χ1) is 24.9. The highest BCUT2D eigenvalue weighted by Crippen LogP contribution is 2.08. The number of aromatic nitrogens is 4. The van der Waals surface area contributed by atoms with Crippen molar-refractivity contribution in [3.63, 3.8) is 0 Å². The summed E-state index contributed by atoms with van der Waals surface area (Å²) in [5.74, 6) is 11.1. The molecule has 2 aromatic carbocycles. The van der Waals surface area contributed by atoms with Gasteiger partial charge in [-0.1, -0.05) is 51.7 Å². The summed E-state index contributed by atoms with van der Waals surface area (Å²) in [5, 5.41) is 0.715. The van der Waals surface area contributed by atoms with Crippen LogP contribution in [0.1, 0.15) is 33.4 Å². The van der Waals surface area contributed by atoms with Crippen LogP contribution >= 0.6 is 15.9 Å². The van der Waals surface area contributed by atoms with E-state index < -0.39 is 0 Å². The predicted molar refractivity (Wildman–Crippen MR) is 196 cm³/mol. The molecule has 0 amide bonds. The Bertz CT molecular complexity index is 2440. The number of hydrogen-bond acceptors (Lipinski definition) is 6. The zero-order valence-corrected chi connectivity index (χ0v) is 29.1. The standard InChI is InChI=1S/C22H20FN3O2.C18H12BrFN2O/c23-20-3-1-2-17(14-20)4-5-18-6-9-26-21(15-18)24-16-19(22(26)27)7-8-25-10-12-28-13-11-25;19-8-6-15-12-21-17-11-14(7-9-22(17)18(15)23)5-4-13-2-1-3-16(20)10-13/h1-3,6,9,14-16H,7-8,10-13H2;1-3,7,9-12H,6,8H2. The second-order valence-corrected chi connectivity index (χ2v) is 12.4. The van der Waals surface area contributed by atoms with Gasteiger partial charge in [0.1, 0.15) is 22.9 Å². The van der Waals surface area contributed by atoms with Crippen molar-refractivity contribution in [3.8, 4) is 23.7 Å². The molecule has 0 saturated carbocycles. The fraction of sp³-hybridized carbons (Fsp3) is 0.200. The summed E-state index contributed by atoms with van der Waals surface area (Å²) in [6, 6.07) is 19.3. The molecular formula is C40H32BrF2N5O3. The fourth-order valence-electron chi connectivity index (χ4n) is 5.35. The molecule has 256 valence electrons. The lowest BCUT2D eigenvalue weighted by atomic mass is 10.2. The van der Waals surface area contributed by atoms with Crippen molar-refractivity contribution in [2.24, 2.45) is 0 Å². The van der Waals surface area contributed by atoms with Gasteiger partial charge in [-0.25, -0.2) is 18.7 Å². The molecule has 1 aliphatic heterocycles. The summed E-state index contributed by atoms with van der Waals surface area (Å²) in [4.78, 5) is 36.0. The van der Waals surface area contributed by atoms with Crippen LogP contribution in [0.3, 0.4) is 0 Å². The number of benzene rings is 2. The molecule has 0 bridgehead atoms. The van der Waals surface area contributed by atoms with Crippen LogP contribution in [0.5, 0.6) is 0 Å². The number of ether oxygens (including phenoxy) is 1. The van der Waals surface area contributed by atoms with E-state index in [1.54, 1.807) is 77.7 Å². The number of pyridine rings is 2. The first-order valence-corrected chi connectivity index (χ1v) is 17.4. The first-order valence-electron chi connectivity index (χ1n) is 16.3. The van der Waals surface area contributed by atoms with E-state index in [4.69, 9.17) is 4.74 Å². The van der Waals surface area contributed by atoms with Gasteiger partial charge in [-0.05, 0) is 73.5 Å². The van der Waals surface area contributed by atoms with Crippen molar-refractivity contribution in [2.75, 3.05) is 38.2 Å². The van der Waals surface area contributed by atoms with Crippen LogP contribution in [0, 0.1) is 35.3 Å². The maximum atomic E-state index is 13.2. The molecule has 6 aromatic rings. The quantitative estimate of drug-likeness (QED) is 0.177. The average molecular weight is 749 g/mol. The van der Waals surface area contributed by atoms with Crippen molar-refractivity contribution < 1.29 is 13.5 Å². The van der Waals surface area contributed by atoms with Crippen LogP contribution in [0.4, 0.5) is 8.78 Å². The molecule has 5 heterocycles. The van der Waals surface area contributed by atoms with E-state index in [0.29, 0.717) is 51.7 Å². The largest absolute Gasteiger partial charge is 0.379 e. The zero-order chi connectivity index (χ0) is 35.6. The number of rotatable bonds is 5. The smallest absolute Gasteiger partial charge is 0.261 e. The minimum Gasteiger partial charge on any atom is -0.379 e. The molecule has 4 aromatic heterocycles. The lowest BCUT2D eigenvalue weighted by Gasteiger charge is -2.26. The average Bonchev–Trinajstić information content (AvgIpc) is 3.15. The Morgan fingerprint density at radius 3 is 1.61 bits per heavy atom. The van der Waals surface area contributed by atoms with Gasteiger partial charge in [-0.2, -0.15) is 0 Å². The maximum Gasteiger partial charge on any atom is 0.261 e. The van der Waals surface area contributed by atoms with Crippen molar-refractivity contribution in [2.45, 2.75) is 12.8 Å². The van der Waals surface area contributed by atoms with Crippen LogP contribution in [-0.4, -0.2) is 61.8 Å². The molecule has 1 aliphatic rings. The highest BCUT2D eigenvalue weighted by atomic mass is 79.9. The summed E-state index contributed by atoms with van der Waals surface area (Å²) in [7, 11) is 0. The summed E-state index contributed by atoms with van der Waals surface area (Å²) in [5.41, 5.74) is 4.96. The van der Waals surface area contributed by atoms with Crippen molar-refractivity contribution in [3.05, 3.63) is 163 Å². The van der Waals surface area contributed by atoms with E-state index in [9.17, 15) is 18.4 Å². The third-order valence-corrected chi connectivity index (χ3v) is 8.47. The van der Waals surface area contributed by atoms with E-state index in [1.165, 1.54) is 28.7 Å². The van der Waals surface area contributed by atoms with Crippen molar-refractivity contribution in [1.82, 2.24) is 23.7 Å². The molecule has 0 unspecified atom stereocenters. The first kappa shape index (κ1) is 35.4. The second-order valence-electron chi connectivity index (χ2n) is 11.6. The van der Waals surface area contributed by atoms with Gasteiger partial charge in [-0.3, -0.25) is 23.3 Å². The van der Waals surface area contributed by atoms with Gasteiger partial charge in [0.2, 0.25) is 0 Å². The SMILES string of the molecule is O=c1c(CCBr)cnc2cc(C#Cc3cccc(F)c3)ccn12.O=c1c(CCN2CCOCC2)cnc2cc(C#Cc3cccc(F)c3)ccn12. The van der Waals surface area contributed by atoms with Crippen molar-refractivity contribution >= 4 is 27.2 Å². The van der Waals surface area contributed by atoms with Crippen LogP contribution in [0.2, 0.25) is 0 Å². The van der Waals surface area contributed by atoms with Gasteiger partial charge < -0.3 is 4.74 Å². The van der Waals surface area contributed by atoms with Gasteiger partial charge in [0.05, 0.1) is 13.2 Å². The number of nitrogens with zero attached hydrogens (tertiary/aromatic N) is 5. The number of alkyl halides is 1. The number of fused-ring (bicyclic) bond motifs is 2. The monoisotopic (exact) mass is 747 g/mol. The normalized spacial score (nSPS) is 12.7. The third-order valence-electron chi connectivity index (χ3n) is 8.08. The Hall–Kier alpha value is -5.46. The van der Waals surface area contributed by atoms with Gasteiger partial charge >= 0.3 is 0 Å². The summed E-state index contributed by atoms with van der Waals surface area (Å²) in [6.45, 7) is 4.11. The third kappa shape index (κ3) is 9.41. The lowest BCUT2D eigenvalue weighted by Crippen LogP contribution is -2.38. The van der Waals surface area contributed by atoms with E-state index in [0.717, 1.165) is 44.0 Å². The zero-order valence-electron chi connectivity index (χ0n) is 27.5. The van der Waals surface area contributed by atoms with Crippen molar-refractivity contribution in [1.29, 1.82) is 0 Å². The van der Waals surface area contributed by atoms with Gasteiger partial charge in [-0.15, -0.1) is 0 Å². The summed E-state index contributed by atoms with van der Waals surface area (Å²) in [6.07, 6.45) is 7.91. The number of halogens is 3. The Balaban J connectivity index is 0.000000179. The molecule has 11 heteroatoms. The van der Waals surface area contributed by atoms with Crippen LogP contribution in [0.25, 0.3) is 11.3 Å². The molecular weight excluding hydrogens is 716 g/mol. The molecule has 0 spiro atoms. The van der Waals surface area contributed by atoms with Gasteiger partial charge in [0.25, 0.3) is 11.1 Å². The predicted octanol–water partition coefficient (Wildman–Crippen LogP) is 5.28.